The van der Waals surface area contributed by atoms with Crippen LogP contribution in [0.4, 0.5) is 0 Å². The van der Waals surface area contributed by atoms with Gasteiger partial charge in [-0.1, -0.05) is 18.2 Å². The van der Waals surface area contributed by atoms with Crippen molar-refractivity contribution in [2.75, 3.05) is 18.1 Å². The molecule has 1 aromatic rings. The number of rotatable bonds is 4. The third kappa shape index (κ3) is 3.45. The molecule has 2 rings (SSSR count). The summed E-state index contributed by atoms with van der Waals surface area (Å²) in [4.78, 5) is 25.0. The summed E-state index contributed by atoms with van der Waals surface area (Å²) in [6.45, 7) is 2.10. The Morgan fingerprint density at radius 2 is 2.10 bits per heavy atom. The minimum absolute atomic E-state index is 0.276. The first-order valence-electron chi connectivity index (χ1n) is 6.42. The summed E-state index contributed by atoms with van der Waals surface area (Å²) >= 11 is 1.55. The van der Waals surface area contributed by atoms with Crippen molar-refractivity contribution in [1.82, 2.24) is 4.90 Å². The Balaban J connectivity index is 2.03. The molecule has 2 atom stereocenters. The molecule has 6 heteroatoms. The molecule has 0 spiro atoms. The Bertz CT molecular complexity index is 479. The van der Waals surface area contributed by atoms with Crippen LogP contribution in [-0.2, 0) is 9.59 Å². The molecule has 1 aromatic carbocycles. The lowest BCUT2D eigenvalue weighted by Crippen LogP contribution is -2.53. The largest absolute Gasteiger partial charge is 0.481 e. The zero-order chi connectivity index (χ0) is 14.5. The highest BCUT2D eigenvalue weighted by Crippen LogP contribution is 2.19. The van der Waals surface area contributed by atoms with E-state index in [-0.39, 0.29) is 5.91 Å². The van der Waals surface area contributed by atoms with Crippen LogP contribution in [0.25, 0.3) is 0 Å². The molecule has 1 saturated heterocycles. The molecule has 20 heavy (non-hydrogen) atoms. The second kappa shape index (κ2) is 6.65. The van der Waals surface area contributed by atoms with E-state index in [0.29, 0.717) is 18.0 Å². The van der Waals surface area contributed by atoms with Crippen molar-refractivity contribution in [2.45, 2.75) is 19.1 Å². The number of aliphatic carboxylic acids is 1. The molecule has 0 bridgehead atoms. The fourth-order valence-corrected chi connectivity index (χ4v) is 3.10. The van der Waals surface area contributed by atoms with Gasteiger partial charge in [-0.15, -0.1) is 0 Å². The van der Waals surface area contributed by atoms with Crippen molar-refractivity contribution in [1.29, 1.82) is 0 Å². The lowest BCUT2D eigenvalue weighted by molar-refractivity contribution is -0.152. The van der Waals surface area contributed by atoms with Crippen molar-refractivity contribution in [3.05, 3.63) is 30.3 Å². The van der Waals surface area contributed by atoms with Gasteiger partial charge in [0.2, 0.25) is 0 Å². The number of para-hydroxylation sites is 1. The highest BCUT2D eigenvalue weighted by atomic mass is 32.2. The number of carbonyl (C=O) groups is 2. The van der Waals surface area contributed by atoms with Crippen LogP contribution in [0.1, 0.15) is 6.92 Å². The summed E-state index contributed by atoms with van der Waals surface area (Å²) < 4.78 is 5.57. The molecule has 0 radical (unpaired) electrons. The maximum atomic E-state index is 12.3. The fourth-order valence-electron chi connectivity index (χ4n) is 2.06. The highest BCUT2D eigenvalue weighted by Gasteiger charge is 2.35. The molecule has 0 aromatic heterocycles. The van der Waals surface area contributed by atoms with Gasteiger partial charge in [0.05, 0.1) is 0 Å². The average molecular weight is 295 g/mol. The molecule has 1 aliphatic rings. The Kier molecular flexibility index (Phi) is 4.89. The average Bonchev–Trinajstić information content (AvgIpc) is 2.47. The van der Waals surface area contributed by atoms with Crippen molar-refractivity contribution in [3.63, 3.8) is 0 Å². The number of hydrogen-bond acceptors (Lipinski definition) is 4. The lowest BCUT2D eigenvalue weighted by Gasteiger charge is -2.34. The molecule has 1 heterocycles. The molecule has 5 nitrogen and oxygen atoms in total. The van der Waals surface area contributed by atoms with Gasteiger partial charge in [0.25, 0.3) is 5.91 Å². The van der Waals surface area contributed by atoms with Gasteiger partial charge in [0.15, 0.2) is 6.10 Å². The summed E-state index contributed by atoms with van der Waals surface area (Å²) in [5.41, 5.74) is 0. The summed E-state index contributed by atoms with van der Waals surface area (Å²) in [7, 11) is 0. The molecular formula is C14H17NO4S. The van der Waals surface area contributed by atoms with Crippen LogP contribution in [0, 0.1) is 0 Å². The second-order valence-electron chi connectivity index (χ2n) is 4.53. The Hall–Kier alpha value is -1.69. The van der Waals surface area contributed by atoms with E-state index in [2.05, 4.69) is 0 Å². The molecule has 2 unspecified atom stereocenters. The smallest absolute Gasteiger partial charge is 0.327 e. The van der Waals surface area contributed by atoms with Gasteiger partial charge in [-0.05, 0) is 19.1 Å². The Morgan fingerprint density at radius 1 is 1.40 bits per heavy atom. The van der Waals surface area contributed by atoms with E-state index in [4.69, 9.17) is 4.74 Å². The van der Waals surface area contributed by atoms with E-state index in [9.17, 15) is 14.7 Å². The molecule has 1 N–H and O–H groups in total. The summed E-state index contributed by atoms with van der Waals surface area (Å²) in [6.07, 6.45) is -0.692. The predicted molar refractivity (Wildman–Crippen MR) is 77.0 cm³/mol. The second-order valence-corrected chi connectivity index (χ2v) is 5.68. The van der Waals surface area contributed by atoms with Crippen LogP contribution in [-0.4, -0.2) is 52.1 Å². The summed E-state index contributed by atoms with van der Waals surface area (Å²) in [5, 5.41) is 9.18. The first-order chi connectivity index (χ1) is 9.59. The maximum Gasteiger partial charge on any atom is 0.327 e. The summed E-state index contributed by atoms with van der Waals surface area (Å²) in [5.74, 6) is 0.554. The summed E-state index contributed by atoms with van der Waals surface area (Å²) in [6, 6.07) is 8.29. The van der Waals surface area contributed by atoms with Crippen LogP contribution in [0.3, 0.4) is 0 Å². The van der Waals surface area contributed by atoms with Crippen molar-refractivity contribution >= 4 is 23.6 Å². The van der Waals surface area contributed by atoms with Crippen LogP contribution < -0.4 is 4.74 Å². The Labute approximate surface area is 121 Å². The zero-order valence-corrected chi connectivity index (χ0v) is 12.0. The van der Waals surface area contributed by atoms with Crippen molar-refractivity contribution in [3.8, 4) is 5.75 Å². The third-order valence-corrected chi connectivity index (χ3v) is 4.12. The number of carboxylic acids is 1. The maximum absolute atomic E-state index is 12.3. The van der Waals surface area contributed by atoms with E-state index in [1.54, 1.807) is 30.8 Å². The zero-order valence-electron chi connectivity index (χ0n) is 11.2. The van der Waals surface area contributed by atoms with Crippen LogP contribution >= 0.6 is 11.8 Å². The van der Waals surface area contributed by atoms with Crippen molar-refractivity contribution < 1.29 is 19.4 Å². The van der Waals surface area contributed by atoms with Crippen LogP contribution in [0.2, 0.25) is 0 Å². The number of carbonyl (C=O) groups excluding carboxylic acids is 1. The molecule has 0 saturated carbocycles. The highest BCUT2D eigenvalue weighted by molar-refractivity contribution is 7.99. The monoisotopic (exact) mass is 295 g/mol. The van der Waals surface area contributed by atoms with Crippen LogP contribution in [0.5, 0.6) is 5.75 Å². The number of hydrogen-bond donors (Lipinski definition) is 1. The van der Waals surface area contributed by atoms with E-state index in [0.717, 1.165) is 5.75 Å². The standard InChI is InChI=1S/C14H17NO4S/c1-10(19-11-5-3-2-4-6-11)13(16)15-7-8-20-9-12(15)14(17)18/h2-6,10,12H,7-9H2,1H3,(H,17,18). The van der Waals surface area contributed by atoms with E-state index < -0.39 is 18.1 Å². The van der Waals surface area contributed by atoms with E-state index in [1.807, 2.05) is 18.2 Å². The third-order valence-electron chi connectivity index (χ3n) is 3.10. The van der Waals surface area contributed by atoms with E-state index in [1.165, 1.54) is 4.90 Å². The predicted octanol–water partition coefficient (Wildman–Crippen LogP) is 1.48. The van der Waals surface area contributed by atoms with E-state index >= 15 is 0 Å². The quantitative estimate of drug-likeness (QED) is 0.911. The molecule has 1 aliphatic heterocycles. The van der Waals surface area contributed by atoms with Crippen LogP contribution in [0.15, 0.2) is 30.3 Å². The number of nitrogens with zero attached hydrogens (tertiary/aromatic N) is 1. The van der Waals surface area contributed by atoms with Gasteiger partial charge in [-0.25, -0.2) is 4.79 Å². The minimum atomic E-state index is -0.961. The molecular weight excluding hydrogens is 278 g/mol. The van der Waals surface area contributed by atoms with Crippen molar-refractivity contribution in [2.24, 2.45) is 0 Å². The normalized spacial score (nSPS) is 20.2. The first-order valence-corrected chi connectivity index (χ1v) is 7.58. The molecule has 1 amide bonds. The SMILES string of the molecule is CC(Oc1ccccc1)C(=O)N1CCSCC1C(=O)O. The number of benzene rings is 1. The van der Waals surface area contributed by atoms with Gasteiger partial charge in [-0.3, -0.25) is 4.79 Å². The molecule has 1 fully saturated rings. The van der Waals surface area contributed by atoms with Gasteiger partial charge >= 0.3 is 5.97 Å². The Morgan fingerprint density at radius 3 is 2.75 bits per heavy atom. The van der Waals surface area contributed by atoms with Gasteiger partial charge in [0, 0.05) is 18.1 Å². The molecule has 0 aliphatic carbocycles. The minimum Gasteiger partial charge on any atom is -0.481 e. The number of amides is 1. The number of carboxylic acid groups (broad SMARTS) is 1. The van der Waals surface area contributed by atoms with Gasteiger partial charge in [0.1, 0.15) is 11.8 Å². The number of ether oxygens (including phenoxy) is 1. The topological polar surface area (TPSA) is 66.8 Å². The fraction of sp³-hybridized carbons (Fsp3) is 0.429. The lowest BCUT2D eigenvalue weighted by atomic mass is 10.2. The first kappa shape index (κ1) is 14.7. The number of thioether (sulfide) groups is 1. The van der Waals surface area contributed by atoms with Gasteiger partial charge in [-0.2, -0.15) is 11.8 Å². The van der Waals surface area contributed by atoms with Gasteiger partial charge < -0.3 is 14.7 Å². The molecule has 108 valence electrons.